The lowest BCUT2D eigenvalue weighted by Gasteiger charge is -2.11. The van der Waals surface area contributed by atoms with Crippen molar-refractivity contribution in [3.63, 3.8) is 0 Å². The Morgan fingerprint density at radius 1 is 0.833 bits per heavy atom. The van der Waals surface area contributed by atoms with Crippen LogP contribution in [0.25, 0.3) is 6.08 Å². The van der Waals surface area contributed by atoms with Gasteiger partial charge in [0.15, 0.2) is 0 Å². The highest BCUT2D eigenvalue weighted by molar-refractivity contribution is 6.03. The zero-order chi connectivity index (χ0) is 21.2. The molecule has 2 amide bonds. The van der Waals surface area contributed by atoms with Crippen molar-refractivity contribution in [2.24, 2.45) is 0 Å². The van der Waals surface area contributed by atoms with Crippen molar-refractivity contribution in [1.82, 2.24) is 10.6 Å². The van der Waals surface area contributed by atoms with Crippen molar-refractivity contribution < 1.29 is 9.59 Å². The van der Waals surface area contributed by atoms with E-state index in [1.807, 2.05) is 60.7 Å². The van der Waals surface area contributed by atoms with Gasteiger partial charge in [-0.15, -0.1) is 0 Å². The molecule has 30 heavy (non-hydrogen) atoms. The molecule has 0 radical (unpaired) electrons. The molecule has 0 aliphatic carbocycles. The maximum absolute atomic E-state index is 12.8. The third-order valence-corrected chi connectivity index (χ3v) is 4.37. The first-order chi connectivity index (χ1) is 14.6. The molecule has 4 N–H and O–H groups in total. The number of carbonyl (C=O) groups is 2. The van der Waals surface area contributed by atoms with Crippen LogP contribution in [0.3, 0.4) is 0 Å². The van der Waals surface area contributed by atoms with Crippen LogP contribution in [0.2, 0.25) is 0 Å². The SMILES string of the molecule is Nc1ccccc1CNC(=O)/C(=C\C=C\c1ccccc1)NC(=O)c1ccccc1. The number of anilines is 1. The minimum atomic E-state index is -0.403. The molecular formula is C25H23N3O2. The summed E-state index contributed by atoms with van der Waals surface area (Å²) in [5.41, 5.74) is 8.94. The summed E-state index contributed by atoms with van der Waals surface area (Å²) < 4.78 is 0. The number of nitrogen functional groups attached to an aromatic ring is 1. The fourth-order valence-corrected chi connectivity index (χ4v) is 2.74. The first-order valence-corrected chi connectivity index (χ1v) is 9.55. The van der Waals surface area contributed by atoms with Crippen LogP contribution in [0.15, 0.2) is 103 Å². The minimum absolute atomic E-state index is 0.144. The summed E-state index contributed by atoms with van der Waals surface area (Å²) in [5.74, 6) is -0.760. The normalized spacial score (nSPS) is 11.3. The Labute approximate surface area is 175 Å². The van der Waals surface area contributed by atoms with Gasteiger partial charge in [0, 0.05) is 17.8 Å². The van der Waals surface area contributed by atoms with Gasteiger partial charge in [0.05, 0.1) is 0 Å². The van der Waals surface area contributed by atoms with Gasteiger partial charge in [-0.25, -0.2) is 0 Å². The molecule has 3 aromatic rings. The summed E-state index contributed by atoms with van der Waals surface area (Å²) in [6, 6.07) is 25.7. The zero-order valence-electron chi connectivity index (χ0n) is 16.4. The summed E-state index contributed by atoms with van der Waals surface area (Å²) >= 11 is 0. The largest absolute Gasteiger partial charge is 0.398 e. The number of rotatable bonds is 7. The van der Waals surface area contributed by atoms with Crippen molar-refractivity contribution >= 4 is 23.6 Å². The predicted octanol–water partition coefficient (Wildman–Crippen LogP) is 3.91. The van der Waals surface area contributed by atoms with Crippen molar-refractivity contribution in [2.45, 2.75) is 6.54 Å². The molecule has 0 fully saturated rings. The van der Waals surface area contributed by atoms with Gasteiger partial charge < -0.3 is 16.4 Å². The minimum Gasteiger partial charge on any atom is -0.398 e. The lowest BCUT2D eigenvalue weighted by molar-refractivity contribution is -0.117. The molecule has 0 saturated heterocycles. The molecule has 0 aliphatic rings. The summed E-state index contributed by atoms with van der Waals surface area (Å²) in [6.45, 7) is 0.256. The monoisotopic (exact) mass is 397 g/mol. The van der Waals surface area contributed by atoms with Crippen LogP contribution in [-0.2, 0) is 11.3 Å². The van der Waals surface area contributed by atoms with Crippen molar-refractivity contribution in [2.75, 3.05) is 5.73 Å². The summed E-state index contributed by atoms with van der Waals surface area (Å²) in [7, 11) is 0. The van der Waals surface area contributed by atoms with Crippen molar-refractivity contribution in [3.8, 4) is 0 Å². The number of allylic oxidation sites excluding steroid dienone is 2. The lowest BCUT2D eigenvalue weighted by Crippen LogP contribution is -2.34. The molecule has 0 heterocycles. The molecule has 5 heteroatoms. The summed E-state index contributed by atoms with van der Waals surface area (Å²) in [4.78, 5) is 25.3. The van der Waals surface area contributed by atoms with Crippen molar-refractivity contribution in [1.29, 1.82) is 0 Å². The highest BCUT2D eigenvalue weighted by Gasteiger charge is 2.14. The average molecular weight is 397 g/mol. The third kappa shape index (κ3) is 5.94. The van der Waals surface area contributed by atoms with E-state index >= 15 is 0 Å². The Morgan fingerprint density at radius 2 is 1.47 bits per heavy atom. The Kier molecular flexibility index (Phi) is 7.17. The molecule has 0 atom stereocenters. The number of hydrogen-bond acceptors (Lipinski definition) is 3. The quantitative estimate of drug-likeness (QED) is 0.321. The zero-order valence-corrected chi connectivity index (χ0v) is 16.4. The number of benzene rings is 3. The van der Waals surface area contributed by atoms with E-state index in [2.05, 4.69) is 10.6 Å². The van der Waals surface area contributed by atoms with Gasteiger partial charge >= 0.3 is 0 Å². The average Bonchev–Trinajstić information content (AvgIpc) is 2.79. The van der Waals surface area contributed by atoms with Gasteiger partial charge in [0.2, 0.25) is 0 Å². The molecule has 0 unspecified atom stereocenters. The third-order valence-electron chi connectivity index (χ3n) is 4.37. The first kappa shape index (κ1) is 20.6. The number of hydrogen-bond donors (Lipinski definition) is 3. The molecule has 0 spiro atoms. The van der Waals surface area contributed by atoms with Crippen LogP contribution < -0.4 is 16.4 Å². The Morgan fingerprint density at radius 3 is 2.17 bits per heavy atom. The Bertz CT molecular complexity index is 1060. The number of para-hydroxylation sites is 1. The number of amides is 2. The van der Waals surface area contributed by atoms with E-state index in [4.69, 9.17) is 5.73 Å². The lowest BCUT2D eigenvalue weighted by atomic mass is 10.1. The van der Waals surface area contributed by atoms with Gasteiger partial charge in [0.25, 0.3) is 11.8 Å². The van der Waals surface area contributed by atoms with Crippen molar-refractivity contribution in [3.05, 3.63) is 119 Å². The van der Waals surface area contributed by atoms with E-state index in [1.54, 1.807) is 42.5 Å². The second-order valence-electron chi connectivity index (χ2n) is 6.55. The molecular weight excluding hydrogens is 374 g/mol. The highest BCUT2D eigenvalue weighted by Crippen LogP contribution is 2.10. The molecule has 0 aromatic heterocycles. The topological polar surface area (TPSA) is 84.2 Å². The molecule has 0 bridgehead atoms. The van der Waals surface area contributed by atoms with E-state index in [9.17, 15) is 9.59 Å². The second-order valence-corrected chi connectivity index (χ2v) is 6.55. The molecule has 5 nitrogen and oxygen atoms in total. The van der Waals surface area contributed by atoms with Crippen LogP contribution in [-0.4, -0.2) is 11.8 Å². The Balaban J connectivity index is 1.76. The predicted molar refractivity (Wildman–Crippen MR) is 120 cm³/mol. The highest BCUT2D eigenvalue weighted by atomic mass is 16.2. The van der Waals surface area contributed by atoms with E-state index in [-0.39, 0.29) is 18.1 Å². The summed E-state index contributed by atoms with van der Waals surface area (Å²) in [6.07, 6.45) is 5.17. The van der Waals surface area contributed by atoms with Gasteiger partial charge in [-0.3, -0.25) is 9.59 Å². The standard InChI is InChI=1S/C25H23N3O2/c26-22-16-8-7-15-21(22)18-27-25(30)23(17-9-12-19-10-3-1-4-11-19)28-24(29)20-13-5-2-6-14-20/h1-17H,18,26H2,(H,27,30)(H,28,29)/b12-9+,23-17+. The van der Waals surface area contributed by atoms with Crippen LogP contribution in [0.1, 0.15) is 21.5 Å². The fourth-order valence-electron chi connectivity index (χ4n) is 2.74. The van der Waals surface area contributed by atoms with Crippen LogP contribution in [0.5, 0.6) is 0 Å². The first-order valence-electron chi connectivity index (χ1n) is 9.55. The van der Waals surface area contributed by atoms with E-state index in [0.29, 0.717) is 11.3 Å². The van der Waals surface area contributed by atoms with Crippen LogP contribution >= 0.6 is 0 Å². The van der Waals surface area contributed by atoms with E-state index in [1.165, 1.54) is 0 Å². The molecule has 3 aromatic carbocycles. The maximum atomic E-state index is 12.8. The molecule has 3 rings (SSSR count). The van der Waals surface area contributed by atoms with Crippen LogP contribution in [0, 0.1) is 0 Å². The molecule has 0 saturated carbocycles. The molecule has 0 aliphatic heterocycles. The smallest absolute Gasteiger partial charge is 0.268 e. The Hall–Kier alpha value is -4.12. The maximum Gasteiger partial charge on any atom is 0.268 e. The van der Waals surface area contributed by atoms with E-state index in [0.717, 1.165) is 11.1 Å². The number of nitrogens with two attached hydrogens (primary N) is 1. The summed E-state index contributed by atoms with van der Waals surface area (Å²) in [5, 5.41) is 5.51. The van der Waals surface area contributed by atoms with Gasteiger partial charge in [-0.05, 0) is 35.4 Å². The van der Waals surface area contributed by atoms with E-state index < -0.39 is 5.91 Å². The van der Waals surface area contributed by atoms with Gasteiger partial charge in [0.1, 0.15) is 5.70 Å². The number of nitrogens with one attached hydrogen (secondary N) is 2. The molecule has 150 valence electrons. The second kappa shape index (κ2) is 10.4. The number of carbonyl (C=O) groups excluding carboxylic acids is 2. The fraction of sp³-hybridized carbons (Fsp3) is 0.0400. The van der Waals surface area contributed by atoms with Gasteiger partial charge in [-0.2, -0.15) is 0 Å². The van der Waals surface area contributed by atoms with Crippen LogP contribution in [0.4, 0.5) is 5.69 Å². The van der Waals surface area contributed by atoms with Gasteiger partial charge in [-0.1, -0.05) is 78.9 Å².